The molecule has 172 valence electrons. The Bertz CT molecular complexity index is 1190. The molecule has 3 aromatic rings. The van der Waals surface area contributed by atoms with Gasteiger partial charge in [0.25, 0.3) is 10.0 Å². The van der Waals surface area contributed by atoms with E-state index in [-0.39, 0.29) is 37.3 Å². The summed E-state index contributed by atoms with van der Waals surface area (Å²) in [6.07, 6.45) is 0.834. The number of nitrogens with zero attached hydrogens (tertiary/aromatic N) is 3. The van der Waals surface area contributed by atoms with Gasteiger partial charge in [-0.25, -0.2) is 13.4 Å². The second-order valence-electron chi connectivity index (χ2n) is 7.86. The highest BCUT2D eigenvalue weighted by atomic mass is 32.2. The Balaban J connectivity index is 1.36. The average molecular weight is 483 g/mol. The molecule has 1 amide bonds. The van der Waals surface area contributed by atoms with Crippen LogP contribution >= 0.6 is 11.3 Å². The molecule has 0 radical (unpaired) electrons. The van der Waals surface area contributed by atoms with Crippen LogP contribution in [0.4, 0.5) is 8.78 Å². The molecule has 1 N–H and O–H groups in total. The molecule has 0 aliphatic carbocycles. The molecule has 11 heteroatoms. The van der Waals surface area contributed by atoms with Crippen LogP contribution in [0.2, 0.25) is 0 Å². The van der Waals surface area contributed by atoms with E-state index in [2.05, 4.69) is 10.3 Å². The van der Waals surface area contributed by atoms with Gasteiger partial charge < -0.3 is 5.32 Å². The maximum Gasteiger partial charge on any atom is 0.320 e. The standard InChI is InChI=1S/C21H24F2N4O3S2/c1-14(19-25-16-5-2-3-6-17(16)27(19)21(22)23)13-24-20(28)15-8-10-26(11-9-15)32(29,30)18-7-4-12-31-18/h2-7,12,14-15,21H,8-11,13H2,1H3,(H,24,28)/t14-/m0/s1. The molecule has 1 fully saturated rings. The second kappa shape index (κ2) is 9.24. The van der Waals surface area contributed by atoms with E-state index in [0.29, 0.717) is 28.1 Å². The number of fused-ring (bicyclic) bond motifs is 1. The Morgan fingerprint density at radius 2 is 1.94 bits per heavy atom. The lowest BCUT2D eigenvalue weighted by atomic mass is 9.97. The van der Waals surface area contributed by atoms with E-state index >= 15 is 0 Å². The molecule has 7 nitrogen and oxygen atoms in total. The highest BCUT2D eigenvalue weighted by molar-refractivity contribution is 7.91. The van der Waals surface area contributed by atoms with Gasteiger partial charge in [-0.2, -0.15) is 13.1 Å². The summed E-state index contributed by atoms with van der Waals surface area (Å²) in [5, 5.41) is 4.56. The van der Waals surface area contributed by atoms with Crippen molar-refractivity contribution in [1.29, 1.82) is 0 Å². The number of halogens is 2. The number of aromatic nitrogens is 2. The summed E-state index contributed by atoms with van der Waals surface area (Å²) in [7, 11) is -3.52. The molecule has 0 saturated carbocycles. The molecule has 1 aromatic carbocycles. The summed E-state index contributed by atoms with van der Waals surface area (Å²) in [6, 6.07) is 9.98. The normalized spacial score (nSPS) is 17.1. The fourth-order valence-corrected chi connectivity index (χ4v) is 6.62. The van der Waals surface area contributed by atoms with Crippen LogP contribution in [0.25, 0.3) is 11.0 Å². The summed E-state index contributed by atoms with van der Waals surface area (Å²) in [4.78, 5) is 17.0. The van der Waals surface area contributed by atoms with Crippen molar-refractivity contribution >= 4 is 38.3 Å². The minimum atomic E-state index is -3.52. The topological polar surface area (TPSA) is 84.3 Å². The van der Waals surface area contributed by atoms with E-state index in [1.165, 1.54) is 15.6 Å². The van der Waals surface area contributed by atoms with Crippen LogP contribution < -0.4 is 5.32 Å². The van der Waals surface area contributed by atoms with E-state index in [9.17, 15) is 22.0 Å². The van der Waals surface area contributed by atoms with E-state index in [1.54, 1.807) is 48.7 Å². The third kappa shape index (κ3) is 4.41. The first-order valence-corrected chi connectivity index (χ1v) is 12.7. The first-order valence-electron chi connectivity index (χ1n) is 10.4. The Morgan fingerprint density at radius 1 is 1.22 bits per heavy atom. The van der Waals surface area contributed by atoms with E-state index in [4.69, 9.17) is 0 Å². The van der Waals surface area contributed by atoms with Crippen LogP contribution in [0.15, 0.2) is 46.0 Å². The predicted octanol–water partition coefficient (Wildman–Crippen LogP) is 3.81. The van der Waals surface area contributed by atoms with Gasteiger partial charge in [0.05, 0.1) is 11.0 Å². The fourth-order valence-electron chi connectivity index (χ4n) is 4.00. The minimum absolute atomic E-state index is 0.169. The molecule has 32 heavy (non-hydrogen) atoms. The molecule has 2 aromatic heterocycles. The number of carbonyl (C=O) groups is 1. The number of benzene rings is 1. The molecule has 0 bridgehead atoms. The highest BCUT2D eigenvalue weighted by Crippen LogP contribution is 2.28. The third-order valence-electron chi connectivity index (χ3n) is 5.76. The van der Waals surface area contributed by atoms with Gasteiger partial charge in [0.1, 0.15) is 10.0 Å². The van der Waals surface area contributed by atoms with Crippen LogP contribution in [0.5, 0.6) is 0 Å². The average Bonchev–Trinajstić information content (AvgIpc) is 3.46. The number of amides is 1. The molecular formula is C21H24F2N4O3S2. The van der Waals surface area contributed by atoms with Crippen molar-refractivity contribution in [2.75, 3.05) is 19.6 Å². The summed E-state index contributed by atoms with van der Waals surface area (Å²) >= 11 is 1.17. The number of rotatable bonds is 7. The lowest BCUT2D eigenvalue weighted by molar-refractivity contribution is -0.126. The number of nitrogens with one attached hydrogen (secondary N) is 1. The number of imidazole rings is 1. The summed E-state index contributed by atoms with van der Waals surface area (Å²) in [6.45, 7) is -0.270. The van der Waals surface area contributed by atoms with Gasteiger partial charge in [-0.1, -0.05) is 25.1 Å². The van der Waals surface area contributed by atoms with Crippen LogP contribution in [0.3, 0.4) is 0 Å². The summed E-state index contributed by atoms with van der Waals surface area (Å²) in [5.74, 6) is -0.700. The molecule has 1 saturated heterocycles. The molecule has 1 atom stereocenters. The van der Waals surface area contributed by atoms with Gasteiger partial charge in [0.15, 0.2) is 0 Å². The molecule has 0 unspecified atom stereocenters. The Hall–Kier alpha value is -2.37. The van der Waals surface area contributed by atoms with Gasteiger partial charge in [-0.3, -0.25) is 9.36 Å². The van der Waals surface area contributed by atoms with E-state index in [1.807, 2.05) is 0 Å². The van der Waals surface area contributed by atoms with E-state index < -0.39 is 22.5 Å². The zero-order valence-corrected chi connectivity index (χ0v) is 19.1. The highest BCUT2D eigenvalue weighted by Gasteiger charge is 2.33. The quantitative estimate of drug-likeness (QED) is 0.555. The van der Waals surface area contributed by atoms with Gasteiger partial charge >= 0.3 is 6.55 Å². The lowest BCUT2D eigenvalue weighted by Crippen LogP contribution is -2.43. The van der Waals surface area contributed by atoms with E-state index in [0.717, 1.165) is 4.57 Å². The summed E-state index contributed by atoms with van der Waals surface area (Å²) < 4.78 is 55.2. The largest absolute Gasteiger partial charge is 0.355 e. The number of sulfonamides is 1. The van der Waals surface area contributed by atoms with Crippen molar-refractivity contribution in [3.63, 3.8) is 0 Å². The Morgan fingerprint density at radius 3 is 2.59 bits per heavy atom. The third-order valence-corrected chi connectivity index (χ3v) is 9.03. The van der Waals surface area contributed by atoms with Gasteiger partial charge in [-0.15, -0.1) is 11.3 Å². The monoisotopic (exact) mass is 482 g/mol. The molecular weight excluding hydrogens is 458 g/mol. The van der Waals surface area contributed by atoms with Crippen LogP contribution in [0, 0.1) is 5.92 Å². The first-order chi connectivity index (χ1) is 15.3. The zero-order chi connectivity index (χ0) is 22.9. The van der Waals surface area contributed by atoms with Gasteiger partial charge in [-0.05, 0) is 36.4 Å². The maximum atomic E-state index is 13.7. The van der Waals surface area contributed by atoms with Crippen molar-refractivity contribution in [1.82, 2.24) is 19.2 Å². The molecule has 0 spiro atoms. The van der Waals surface area contributed by atoms with Crippen molar-refractivity contribution in [3.05, 3.63) is 47.6 Å². The summed E-state index contributed by atoms with van der Waals surface area (Å²) in [5.41, 5.74) is 0.843. The molecule has 1 aliphatic rings. The number of hydrogen-bond donors (Lipinski definition) is 1. The molecule has 3 heterocycles. The molecule has 4 rings (SSSR count). The van der Waals surface area contributed by atoms with Crippen LogP contribution in [0.1, 0.15) is 38.1 Å². The Kier molecular flexibility index (Phi) is 6.59. The first kappa shape index (κ1) is 22.8. The maximum absolute atomic E-state index is 13.7. The number of para-hydroxylation sites is 2. The van der Waals surface area contributed by atoms with Crippen molar-refractivity contribution in [2.45, 2.75) is 36.4 Å². The Labute approximate surface area is 189 Å². The number of alkyl halides is 2. The smallest absolute Gasteiger partial charge is 0.320 e. The van der Waals surface area contributed by atoms with Crippen molar-refractivity contribution in [2.24, 2.45) is 5.92 Å². The molecule has 1 aliphatic heterocycles. The minimum Gasteiger partial charge on any atom is -0.355 e. The van der Waals surface area contributed by atoms with Crippen LogP contribution in [-0.4, -0.2) is 47.8 Å². The van der Waals surface area contributed by atoms with Crippen molar-refractivity contribution < 1.29 is 22.0 Å². The zero-order valence-electron chi connectivity index (χ0n) is 17.4. The lowest BCUT2D eigenvalue weighted by Gasteiger charge is -2.30. The number of thiophene rings is 1. The number of piperidine rings is 1. The van der Waals surface area contributed by atoms with Crippen molar-refractivity contribution in [3.8, 4) is 0 Å². The number of hydrogen-bond acceptors (Lipinski definition) is 5. The number of carbonyl (C=O) groups excluding carboxylic acids is 1. The van der Waals surface area contributed by atoms with Gasteiger partial charge in [0, 0.05) is 31.5 Å². The fraction of sp³-hybridized carbons (Fsp3) is 0.429. The van der Waals surface area contributed by atoms with Crippen LogP contribution in [-0.2, 0) is 14.8 Å². The SMILES string of the molecule is C[C@@H](CNC(=O)C1CCN(S(=O)(=O)c2cccs2)CC1)c1nc2ccccc2n1C(F)F. The predicted molar refractivity (Wildman–Crippen MR) is 118 cm³/mol. The van der Waals surface area contributed by atoms with Gasteiger partial charge in [0.2, 0.25) is 5.91 Å². The second-order valence-corrected chi connectivity index (χ2v) is 11.0.